The van der Waals surface area contributed by atoms with E-state index in [2.05, 4.69) is 0 Å². The smallest absolute Gasteiger partial charge is 0.352 e. The lowest BCUT2D eigenvalue weighted by Crippen LogP contribution is -2.04. The fourth-order valence-electron chi connectivity index (χ4n) is 1.97. The van der Waals surface area contributed by atoms with E-state index in [9.17, 15) is 4.79 Å². The molecule has 2 aromatic rings. The van der Waals surface area contributed by atoms with Crippen LogP contribution >= 0.6 is 0 Å². The number of aromatic nitrogens is 1. The lowest BCUT2D eigenvalue weighted by atomic mass is 10.1. The highest BCUT2D eigenvalue weighted by Gasteiger charge is 2.15. The van der Waals surface area contributed by atoms with Gasteiger partial charge in [-0.2, -0.15) is 0 Å². The Morgan fingerprint density at radius 3 is 2.62 bits per heavy atom. The van der Waals surface area contributed by atoms with Crippen LogP contribution in [0, 0.1) is 6.92 Å². The third kappa shape index (κ3) is 1.43. The molecule has 1 heterocycles. The number of hydrogen-bond donors (Lipinski definition) is 1. The normalized spacial score (nSPS) is 10.7. The average molecular weight is 219 g/mol. The van der Waals surface area contributed by atoms with Crippen molar-refractivity contribution in [3.05, 3.63) is 29.5 Å². The Labute approximate surface area is 93.1 Å². The van der Waals surface area contributed by atoms with Crippen molar-refractivity contribution in [2.45, 2.75) is 6.92 Å². The molecule has 2 rings (SSSR count). The Balaban J connectivity index is 2.85. The molecule has 0 saturated carbocycles. The largest absolute Gasteiger partial charge is 0.495 e. The summed E-state index contributed by atoms with van der Waals surface area (Å²) in [5.74, 6) is -0.233. The van der Waals surface area contributed by atoms with Crippen LogP contribution in [0.25, 0.3) is 10.9 Å². The quantitative estimate of drug-likeness (QED) is 0.842. The Hall–Kier alpha value is -1.97. The van der Waals surface area contributed by atoms with Crippen LogP contribution in [0.15, 0.2) is 18.2 Å². The number of rotatable bonds is 2. The summed E-state index contributed by atoms with van der Waals surface area (Å²) in [5.41, 5.74) is 2.12. The first kappa shape index (κ1) is 10.5. The van der Waals surface area contributed by atoms with Crippen LogP contribution < -0.4 is 4.74 Å². The van der Waals surface area contributed by atoms with E-state index < -0.39 is 5.97 Å². The third-order valence-corrected chi connectivity index (χ3v) is 2.68. The van der Waals surface area contributed by atoms with E-state index in [-0.39, 0.29) is 5.69 Å². The van der Waals surface area contributed by atoms with Crippen molar-refractivity contribution < 1.29 is 14.6 Å². The molecule has 0 aliphatic heterocycles. The van der Waals surface area contributed by atoms with Gasteiger partial charge in [0.1, 0.15) is 11.4 Å². The van der Waals surface area contributed by atoms with Gasteiger partial charge in [0.25, 0.3) is 0 Å². The van der Waals surface area contributed by atoms with Crippen LogP contribution in [0.2, 0.25) is 0 Å². The van der Waals surface area contributed by atoms with Crippen molar-refractivity contribution in [3.8, 4) is 5.75 Å². The van der Waals surface area contributed by atoms with Gasteiger partial charge >= 0.3 is 5.97 Å². The van der Waals surface area contributed by atoms with Crippen molar-refractivity contribution in [1.29, 1.82) is 0 Å². The predicted octanol–water partition coefficient (Wildman–Crippen LogP) is 2.19. The van der Waals surface area contributed by atoms with Gasteiger partial charge in [-0.3, -0.25) is 0 Å². The molecular weight excluding hydrogens is 206 g/mol. The van der Waals surface area contributed by atoms with Crippen molar-refractivity contribution in [3.63, 3.8) is 0 Å². The van der Waals surface area contributed by atoms with Crippen LogP contribution in [0.1, 0.15) is 16.1 Å². The van der Waals surface area contributed by atoms with Crippen LogP contribution in [-0.2, 0) is 7.05 Å². The van der Waals surface area contributed by atoms with Crippen molar-refractivity contribution in [2.75, 3.05) is 7.11 Å². The molecule has 84 valence electrons. The molecule has 0 fully saturated rings. The number of benzene rings is 1. The summed E-state index contributed by atoms with van der Waals surface area (Å²) in [6, 6.07) is 5.51. The fourth-order valence-corrected chi connectivity index (χ4v) is 1.97. The molecule has 0 aliphatic rings. The summed E-state index contributed by atoms with van der Waals surface area (Å²) in [7, 11) is 3.31. The van der Waals surface area contributed by atoms with Gasteiger partial charge < -0.3 is 14.4 Å². The lowest BCUT2D eigenvalue weighted by Gasteiger charge is -2.06. The molecule has 1 aromatic heterocycles. The minimum atomic E-state index is -0.932. The topological polar surface area (TPSA) is 51.5 Å². The second kappa shape index (κ2) is 3.56. The Kier molecular flexibility index (Phi) is 2.34. The average Bonchev–Trinajstić information content (AvgIpc) is 2.55. The number of aryl methyl sites for hydroxylation is 2. The number of ether oxygens (including phenoxy) is 1. The third-order valence-electron chi connectivity index (χ3n) is 2.68. The van der Waals surface area contributed by atoms with Crippen LogP contribution in [-0.4, -0.2) is 22.8 Å². The molecule has 16 heavy (non-hydrogen) atoms. The van der Waals surface area contributed by atoms with Crippen LogP contribution in [0.5, 0.6) is 5.75 Å². The van der Waals surface area contributed by atoms with Crippen molar-refractivity contribution in [2.24, 2.45) is 7.05 Å². The summed E-state index contributed by atoms with van der Waals surface area (Å²) >= 11 is 0. The minimum absolute atomic E-state index is 0.263. The number of hydrogen-bond acceptors (Lipinski definition) is 2. The summed E-state index contributed by atoms with van der Waals surface area (Å²) in [6.07, 6.45) is 0. The minimum Gasteiger partial charge on any atom is -0.495 e. The van der Waals surface area contributed by atoms with E-state index in [1.165, 1.54) is 0 Å². The second-order valence-corrected chi connectivity index (χ2v) is 3.80. The zero-order valence-corrected chi connectivity index (χ0v) is 9.44. The molecule has 0 atom stereocenters. The predicted molar refractivity (Wildman–Crippen MR) is 61.2 cm³/mol. The number of aromatic carboxylic acids is 1. The number of carbonyl (C=O) groups is 1. The van der Waals surface area contributed by atoms with Crippen LogP contribution in [0.4, 0.5) is 0 Å². The monoisotopic (exact) mass is 219 g/mol. The van der Waals surface area contributed by atoms with Gasteiger partial charge in [-0.25, -0.2) is 4.79 Å². The molecule has 4 nitrogen and oxygen atoms in total. The van der Waals surface area contributed by atoms with Gasteiger partial charge in [-0.15, -0.1) is 0 Å². The summed E-state index contributed by atoms with van der Waals surface area (Å²) in [6.45, 7) is 1.95. The number of fused-ring (bicyclic) bond motifs is 1. The molecule has 0 amide bonds. The summed E-state index contributed by atoms with van der Waals surface area (Å²) in [4.78, 5) is 11.0. The summed E-state index contributed by atoms with van der Waals surface area (Å²) < 4.78 is 6.90. The van der Waals surface area contributed by atoms with Gasteiger partial charge in [-0.05, 0) is 30.7 Å². The van der Waals surface area contributed by atoms with Crippen LogP contribution in [0.3, 0.4) is 0 Å². The second-order valence-electron chi connectivity index (χ2n) is 3.80. The number of carboxylic acid groups (broad SMARTS) is 1. The highest BCUT2D eigenvalue weighted by Crippen LogP contribution is 2.29. The molecular formula is C12H13NO3. The Bertz CT molecular complexity index is 569. The zero-order valence-electron chi connectivity index (χ0n) is 9.44. The zero-order chi connectivity index (χ0) is 11.9. The molecule has 0 bridgehead atoms. The van der Waals surface area contributed by atoms with E-state index in [0.29, 0.717) is 5.75 Å². The van der Waals surface area contributed by atoms with E-state index in [4.69, 9.17) is 9.84 Å². The lowest BCUT2D eigenvalue weighted by molar-refractivity contribution is 0.0687. The maximum absolute atomic E-state index is 11.0. The van der Waals surface area contributed by atoms with E-state index in [1.54, 1.807) is 24.8 Å². The first-order chi connectivity index (χ1) is 7.54. The van der Waals surface area contributed by atoms with Crippen molar-refractivity contribution in [1.82, 2.24) is 4.57 Å². The van der Waals surface area contributed by atoms with Gasteiger partial charge in [0.05, 0.1) is 12.6 Å². The number of carboxylic acids is 1. The molecule has 0 saturated heterocycles. The highest BCUT2D eigenvalue weighted by atomic mass is 16.5. The highest BCUT2D eigenvalue weighted by molar-refractivity contribution is 5.97. The number of methoxy groups -OCH3 is 1. The fraction of sp³-hybridized carbons (Fsp3) is 0.250. The molecule has 1 N–H and O–H groups in total. The van der Waals surface area contributed by atoms with Gasteiger partial charge in [-0.1, -0.05) is 0 Å². The molecule has 0 unspecified atom stereocenters. The van der Waals surface area contributed by atoms with E-state index in [0.717, 1.165) is 16.5 Å². The molecule has 0 spiro atoms. The van der Waals surface area contributed by atoms with E-state index in [1.807, 2.05) is 19.1 Å². The van der Waals surface area contributed by atoms with E-state index >= 15 is 0 Å². The summed E-state index contributed by atoms with van der Waals surface area (Å²) in [5, 5.41) is 9.92. The molecule has 0 aliphatic carbocycles. The first-order valence-electron chi connectivity index (χ1n) is 4.92. The Morgan fingerprint density at radius 2 is 2.06 bits per heavy atom. The Morgan fingerprint density at radius 1 is 1.38 bits per heavy atom. The maximum Gasteiger partial charge on any atom is 0.352 e. The standard InChI is InChI=1S/C12H13NO3/c1-7-4-8-6-9(12(14)15)13(2)11(8)10(5-7)16-3/h4-6H,1-3H3,(H,14,15). The molecule has 1 aromatic carbocycles. The molecule has 4 heteroatoms. The van der Waals surface area contributed by atoms with Gasteiger partial charge in [0, 0.05) is 12.4 Å². The van der Waals surface area contributed by atoms with Crippen molar-refractivity contribution >= 4 is 16.9 Å². The SMILES string of the molecule is COc1cc(C)cc2cc(C(=O)O)n(C)c12. The molecule has 0 radical (unpaired) electrons. The van der Waals surface area contributed by atoms with Gasteiger partial charge in [0.2, 0.25) is 0 Å². The number of nitrogens with zero attached hydrogens (tertiary/aromatic N) is 1. The first-order valence-corrected chi connectivity index (χ1v) is 4.92. The van der Waals surface area contributed by atoms with Gasteiger partial charge in [0.15, 0.2) is 0 Å². The maximum atomic E-state index is 11.0.